The Kier molecular flexibility index (Phi) is 4.79. The molecule has 128 valence electrons. The van der Waals surface area contributed by atoms with Crippen LogP contribution in [0, 0.1) is 5.82 Å². The molecule has 6 heteroatoms. The van der Waals surface area contributed by atoms with Gasteiger partial charge in [0.05, 0.1) is 0 Å². The number of aromatic amines is 1. The molecule has 0 spiro atoms. The quantitative estimate of drug-likeness (QED) is 0.701. The van der Waals surface area contributed by atoms with Crippen LogP contribution >= 0.6 is 0 Å². The topological polar surface area (TPSA) is 71.2 Å². The van der Waals surface area contributed by atoms with E-state index in [4.69, 9.17) is 4.74 Å². The highest BCUT2D eigenvalue weighted by Crippen LogP contribution is 2.15. The van der Waals surface area contributed by atoms with Gasteiger partial charge in [-0.3, -0.25) is 4.79 Å². The van der Waals surface area contributed by atoms with E-state index < -0.39 is 18.0 Å². The Labute approximate surface area is 143 Å². The molecule has 0 bridgehead atoms. The van der Waals surface area contributed by atoms with Crippen LogP contribution in [0.1, 0.15) is 23.0 Å². The van der Waals surface area contributed by atoms with Crippen molar-refractivity contribution >= 4 is 22.8 Å². The van der Waals surface area contributed by atoms with Crippen molar-refractivity contribution in [3.8, 4) is 0 Å². The molecule has 3 rings (SSSR count). The molecule has 0 fully saturated rings. The number of para-hydroxylation sites is 1. The van der Waals surface area contributed by atoms with Crippen LogP contribution in [-0.2, 0) is 16.1 Å². The molecule has 0 unspecified atom stereocenters. The minimum Gasteiger partial charge on any atom is -0.448 e. The number of hydrogen-bond donors (Lipinski definition) is 2. The Balaban J connectivity index is 1.56. The molecule has 2 aromatic carbocycles. The summed E-state index contributed by atoms with van der Waals surface area (Å²) in [5.74, 6) is -1.36. The zero-order chi connectivity index (χ0) is 17.8. The molecule has 0 saturated carbocycles. The third-order valence-electron chi connectivity index (χ3n) is 3.78. The molecule has 0 aliphatic rings. The molecule has 5 nitrogen and oxygen atoms in total. The molecule has 1 atom stereocenters. The minimum absolute atomic E-state index is 0.230. The predicted molar refractivity (Wildman–Crippen MR) is 91.4 cm³/mol. The molecule has 0 aliphatic heterocycles. The van der Waals surface area contributed by atoms with Crippen LogP contribution in [0.15, 0.2) is 54.6 Å². The fourth-order valence-corrected chi connectivity index (χ4v) is 2.40. The number of nitrogens with one attached hydrogen (secondary N) is 2. The SMILES string of the molecule is C[C@H](OC(=O)c1cc2ccccc2[nH]1)C(=O)NCc1ccc(F)cc1. The standard InChI is InChI=1S/C19H17FN2O3/c1-12(18(23)21-11-13-6-8-15(20)9-7-13)25-19(24)17-10-14-4-2-3-5-16(14)22-17/h2-10,12,22H,11H2,1H3,(H,21,23)/t12-/m0/s1. The van der Waals surface area contributed by atoms with Gasteiger partial charge in [-0.2, -0.15) is 0 Å². The number of carbonyl (C=O) groups excluding carboxylic acids is 2. The van der Waals surface area contributed by atoms with Gasteiger partial charge in [0.25, 0.3) is 5.91 Å². The van der Waals surface area contributed by atoms with Crippen LogP contribution in [0.3, 0.4) is 0 Å². The molecule has 0 aliphatic carbocycles. The van der Waals surface area contributed by atoms with E-state index in [9.17, 15) is 14.0 Å². The zero-order valence-electron chi connectivity index (χ0n) is 13.6. The Morgan fingerprint density at radius 1 is 1.16 bits per heavy atom. The van der Waals surface area contributed by atoms with E-state index >= 15 is 0 Å². The number of fused-ring (bicyclic) bond motifs is 1. The molecular formula is C19H17FN2O3. The number of halogens is 1. The number of H-pyrrole nitrogens is 1. The average Bonchev–Trinajstić information content (AvgIpc) is 3.05. The lowest BCUT2D eigenvalue weighted by Crippen LogP contribution is -2.35. The number of carbonyl (C=O) groups is 2. The van der Waals surface area contributed by atoms with Gasteiger partial charge in [-0.05, 0) is 36.8 Å². The van der Waals surface area contributed by atoms with Crippen LogP contribution in [-0.4, -0.2) is 23.0 Å². The van der Waals surface area contributed by atoms with Gasteiger partial charge >= 0.3 is 5.97 Å². The number of ether oxygens (including phenoxy) is 1. The van der Waals surface area contributed by atoms with Gasteiger partial charge in [0, 0.05) is 17.4 Å². The van der Waals surface area contributed by atoms with Crippen molar-refractivity contribution < 1.29 is 18.7 Å². The van der Waals surface area contributed by atoms with E-state index in [1.807, 2.05) is 24.3 Å². The summed E-state index contributed by atoms with van der Waals surface area (Å²) in [5, 5.41) is 3.54. The predicted octanol–water partition coefficient (Wildman–Crippen LogP) is 3.17. The van der Waals surface area contributed by atoms with Crippen LogP contribution in [0.5, 0.6) is 0 Å². The first-order valence-electron chi connectivity index (χ1n) is 7.84. The van der Waals surface area contributed by atoms with Gasteiger partial charge < -0.3 is 15.0 Å². The van der Waals surface area contributed by atoms with Gasteiger partial charge in [0.15, 0.2) is 6.10 Å². The van der Waals surface area contributed by atoms with E-state index in [1.165, 1.54) is 19.1 Å². The third-order valence-corrected chi connectivity index (χ3v) is 3.78. The minimum atomic E-state index is -0.945. The normalized spacial score (nSPS) is 11.9. The Morgan fingerprint density at radius 3 is 2.60 bits per heavy atom. The number of rotatable bonds is 5. The number of esters is 1. The lowest BCUT2D eigenvalue weighted by molar-refractivity contribution is -0.129. The Bertz CT molecular complexity index is 869. The second-order valence-electron chi connectivity index (χ2n) is 5.66. The molecule has 1 aromatic heterocycles. The smallest absolute Gasteiger partial charge is 0.355 e. The molecule has 1 amide bonds. The molecule has 25 heavy (non-hydrogen) atoms. The van der Waals surface area contributed by atoms with Gasteiger partial charge in [-0.1, -0.05) is 30.3 Å². The second-order valence-corrected chi connectivity index (χ2v) is 5.66. The number of aromatic nitrogens is 1. The second kappa shape index (κ2) is 7.17. The third kappa shape index (κ3) is 4.03. The van der Waals surface area contributed by atoms with E-state index in [-0.39, 0.29) is 12.4 Å². The molecule has 1 heterocycles. The highest BCUT2D eigenvalue weighted by molar-refractivity contribution is 5.96. The van der Waals surface area contributed by atoms with Crippen molar-refractivity contribution in [3.05, 3.63) is 71.7 Å². The summed E-state index contributed by atoms with van der Waals surface area (Å²) in [7, 11) is 0. The van der Waals surface area contributed by atoms with E-state index in [0.717, 1.165) is 16.5 Å². The van der Waals surface area contributed by atoms with Gasteiger partial charge in [0.1, 0.15) is 11.5 Å². The van der Waals surface area contributed by atoms with Crippen LogP contribution in [0.25, 0.3) is 10.9 Å². The van der Waals surface area contributed by atoms with Gasteiger partial charge in [-0.25, -0.2) is 9.18 Å². The zero-order valence-corrected chi connectivity index (χ0v) is 13.6. The summed E-state index contributed by atoms with van der Waals surface area (Å²) >= 11 is 0. The van der Waals surface area contributed by atoms with Crippen molar-refractivity contribution in [1.29, 1.82) is 0 Å². The maximum Gasteiger partial charge on any atom is 0.355 e. The van der Waals surface area contributed by atoms with Crippen molar-refractivity contribution in [2.24, 2.45) is 0 Å². The summed E-state index contributed by atoms with van der Waals surface area (Å²) in [5.41, 5.74) is 1.87. The first kappa shape index (κ1) is 16.7. The van der Waals surface area contributed by atoms with Crippen LogP contribution in [0.2, 0.25) is 0 Å². The molecule has 0 saturated heterocycles. The summed E-state index contributed by atoms with van der Waals surface area (Å²) in [6.45, 7) is 1.73. The van der Waals surface area contributed by atoms with Crippen molar-refractivity contribution in [3.63, 3.8) is 0 Å². The highest BCUT2D eigenvalue weighted by Gasteiger charge is 2.20. The lowest BCUT2D eigenvalue weighted by Gasteiger charge is -2.13. The van der Waals surface area contributed by atoms with Crippen LogP contribution in [0.4, 0.5) is 4.39 Å². The van der Waals surface area contributed by atoms with Gasteiger partial charge in [0.2, 0.25) is 0 Å². The summed E-state index contributed by atoms with van der Waals surface area (Å²) in [6.07, 6.45) is -0.945. The highest BCUT2D eigenvalue weighted by atomic mass is 19.1. The van der Waals surface area contributed by atoms with E-state index in [1.54, 1.807) is 18.2 Å². The van der Waals surface area contributed by atoms with E-state index in [2.05, 4.69) is 10.3 Å². The lowest BCUT2D eigenvalue weighted by atomic mass is 10.2. The van der Waals surface area contributed by atoms with Crippen molar-refractivity contribution in [2.45, 2.75) is 19.6 Å². The van der Waals surface area contributed by atoms with Gasteiger partial charge in [-0.15, -0.1) is 0 Å². The Hall–Kier alpha value is -3.15. The monoisotopic (exact) mass is 340 g/mol. The maximum atomic E-state index is 12.8. The molecular weight excluding hydrogens is 323 g/mol. The fourth-order valence-electron chi connectivity index (χ4n) is 2.40. The Morgan fingerprint density at radius 2 is 1.88 bits per heavy atom. The van der Waals surface area contributed by atoms with Crippen LogP contribution < -0.4 is 5.32 Å². The largest absolute Gasteiger partial charge is 0.448 e. The van der Waals surface area contributed by atoms with Crippen molar-refractivity contribution in [1.82, 2.24) is 10.3 Å². The van der Waals surface area contributed by atoms with Crippen molar-refractivity contribution in [2.75, 3.05) is 0 Å². The summed E-state index contributed by atoms with van der Waals surface area (Å²) in [6, 6.07) is 14.9. The molecule has 0 radical (unpaired) electrons. The molecule has 3 aromatic rings. The number of hydrogen-bond acceptors (Lipinski definition) is 3. The maximum absolute atomic E-state index is 12.8. The summed E-state index contributed by atoms with van der Waals surface area (Å²) in [4.78, 5) is 27.2. The average molecular weight is 340 g/mol. The fraction of sp³-hybridized carbons (Fsp3) is 0.158. The first-order valence-corrected chi connectivity index (χ1v) is 7.84. The molecule has 2 N–H and O–H groups in total. The summed E-state index contributed by atoms with van der Waals surface area (Å²) < 4.78 is 18.0. The number of amides is 1. The first-order chi connectivity index (χ1) is 12.0. The van der Waals surface area contributed by atoms with E-state index in [0.29, 0.717) is 5.69 Å². The number of benzene rings is 2.